The van der Waals surface area contributed by atoms with Gasteiger partial charge in [-0.1, -0.05) is 50.6 Å². The SMILES string of the molecule is CC(=O)NNC(=O)CSc1nc2ccccc2c(=O)n1[C@H]1CCC[C@@H](C)[C@H]1C. The summed E-state index contributed by atoms with van der Waals surface area (Å²) < 4.78 is 1.79. The number of thioether (sulfide) groups is 1. The smallest absolute Gasteiger partial charge is 0.262 e. The molecule has 2 aromatic rings. The zero-order valence-corrected chi connectivity index (χ0v) is 17.2. The fourth-order valence-corrected chi connectivity index (χ4v) is 4.61. The monoisotopic (exact) mass is 402 g/mol. The molecule has 1 aliphatic rings. The average molecular weight is 403 g/mol. The molecule has 3 atom stereocenters. The van der Waals surface area contributed by atoms with Crippen LogP contribution in [0.2, 0.25) is 0 Å². The van der Waals surface area contributed by atoms with Gasteiger partial charge in [0.1, 0.15) is 0 Å². The highest BCUT2D eigenvalue weighted by molar-refractivity contribution is 7.99. The molecule has 0 aliphatic heterocycles. The van der Waals surface area contributed by atoms with Crippen molar-refractivity contribution in [3.05, 3.63) is 34.6 Å². The van der Waals surface area contributed by atoms with Gasteiger partial charge in [0.25, 0.3) is 5.56 Å². The molecule has 3 rings (SSSR count). The number of benzene rings is 1. The lowest BCUT2D eigenvalue weighted by Crippen LogP contribution is -2.41. The van der Waals surface area contributed by atoms with Crippen molar-refractivity contribution in [2.24, 2.45) is 11.8 Å². The molecule has 1 heterocycles. The number of carbonyl (C=O) groups is 2. The summed E-state index contributed by atoms with van der Waals surface area (Å²) in [5.41, 5.74) is 5.19. The second kappa shape index (κ2) is 8.77. The highest BCUT2D eigenvalue weighted by atomic mass is 32.2. The number of nitrogens with zero attached hydrogens (tertiary/aromatic N) is 2. The third kappa shape index (κ3) is 4.38. The largest absolute Gasteiger partial charge is 0.284 e. The molecule has 2 amide bonds. The Morgan fingerprint density at radius 1 is 1.21 bits per heavy atom. The number of aromatic nitrogens is 2. The van der Waals surface area contributed by atoms with E-state index >= 15 is 0 Å². The molecule has 0 unspecified atom stereocenters. The van der Waals surface area contributed by atoms with E-state index in [0.29, 0.717) is 27.9 Å². The van der Waals surface area contributed by atoms with Gasteiger partial charge in [-0.25, -0.2) is 4.98 Å². The maximum absolute atomic E-state index is 13.3. The second-order valence-electron chi connectivity index (χ2n) is 7.44. The molecule has 2 N–H and O–H groups in total. The Bertz CT molecular complexity index is 943. The predicted octanol–water partition coefficient (Wildman–Crippen LogP) is 2.65. The molecule has 1 saturated carbocycles. The number of amides is 2. The van der Waals surface area contributed by atoms with Gasteiger partial charge in [-0.3, -0.25) is 29.8 Å². The third-order valence-electron chi connectivity index (χ3n) is 5.48. The minimum atomic E-state index is -0.348. The Hall–Kier alpha value is -2.35. The van der Waals surface area contributed by atoms with Gasteiger partial charge in [-0.2, -0.15) is 0 Å². The molecular formula is C20H26N4O3S. The summed E-state index contributed by atoms with van der Waals surface area (Å²) >= 11 is 1.22. The molecule has 0 saturated heterocycles. The fraction of sp³-hybridized carbons (Fsp3) is 0.500. The summed E-state index contributed by atoms with van der Waals surface area (Å²) in [6, 6.07) is 7.37. The van der Waals surface area contributed by atoms with E-state index in [1.807, 2.05) is 18.2 Å². The van der Waals surface area contributed by atoms with Crippen molar-refractivity contribution >= 4 is 34.5 Å². The van der Waals surface area contributed by atoms with E-state index in [1.54, 1.807) is 10.6 Å². The molecule has 1 fully saturated rings. The first-order valence-electron chi connectivity index (χ1n) is 9.58. The fourth-order valence-electron chi connectivity index (χ4n) is 3.76. The first-order chi connectivity index (χ1) is 13.4. The van der Waals surface area contributed by atoms with E-state index in [1.165, 1.54) is 18.7 Å². The van der Waals surface area contributed by atoms with Crippen molar-refractivity contribution < 1.29 is 9.59 Å². The number of hydrogen-bond donors (Lipinski definition) is 2. The van der Waals surface area contributed by atoms with Crippen molar-refractivity contribution in [1.29, 1.82) is 0 Å². The van der Waals surface area contributed by atoms with Gasteiger partial charge >= 0.3 is 0 Å². The van der Waals surface area contributed by atoms with E-state index in [-0.39, 0.29) is 29.2 Å². The van der Waals surface area contributed by atoms with E-state index in [9.17, 15) is 14.4 Å². The van der Waals surface area contributed by atoms with E-state index in [4.69, 9.17) is 4.98 Å². The van der Waals surface area contributed by atoms with Gasteiger partial charge in [-0.05, 0) is 30.4 Å². The van der Waals surface area contributed by atoms with Crippen LogP contribution in [0.1, 0.15) is 46.1 Å². The van der Waals surface area contributed by atoms with Crippen molar-refractivity contribution in [3.8, 4) is 0 Å². The van der Waals surface area contributed by atoms with Crippen LogP contribution in [0.4, 0.5) is 0 Å². The Morgan fingerprint density at radius 2 is 1.96 bits per heavy atom. The maximum atomic E-state index is 13.3. The van der Waals surface area contributed by atoms with Gasteiger partial charge in [0.2, 0.25) is 11.8 Å². The molecule has 1 aromatic carbocycles. The molecule has 8 heteroatoms. The Balaban J connectivity index is 1.96. The summed E-state index contributed by atoms with van der Waals surface area (Å²) in [4.78, 5) is 41.0. The number of hydrogen-bond acceptors (Lipinski definition) is 5. The lowest BCUT2D eigenvalue weighted by molar-refractivity contribution is -0.126. The predicted molar refractivity (Wildman–Crippen MR) is 110 cm³/mol. The van der Waals surface area contributed by atoms with Gasteiger partial charge < -0.3 is 0 Å². The van der Waals surface area contributed by atoms with Gasteiger partial charge in [-0.15, -0.1) is 0 Å². The number of rotatable bonds is 4. The highest BCUT2D eigenvalue weighted by Gasteiger charge is 2.31. The molecule has 1 aromatic heterocycles. The number of hydrazine groups is 1. The molecular weight excluding hydrogens is 376 g/mol. The summed E-state index contributed by atoms with van der Waals surface area (Å²) in [5.74, 6) is 0.241. The summed E-state index contributed by atoms with van der Waals surface area (Å²) in [7, 11) is 0. The molecule has 0 spiro atoms. The molecule has 0 bridgehead atoms. The topological polar surface area (TPSA) is 93.1 Å². The van der Waals surface area contributed by atoms with Crippen LogP contribution in [-0.4, -0.2) is 27.1 Å². The number of para-hydroxylation sites is 1. The van der Waals surface area contributed by atoms with E-state index in [2.05, 4.69) is 24.7 Å². The van der Waals surface area contributed by atoms with Crippen molar-refractivity contribution in [3.63, 3.8) is 0 Å². The summed E-state index contributed by atoms with van der Waals surface area (Å²) in [6.45, 7) is 5.74. The minimum Gasteiger partial charge on any atom is -0.284 e. The Labute approximate surface area is 168 Å². The summed E-state index contributed by atoms with van der Waals surface area (Å²) in [6.07, 6.45) is 3.16. The van der Waals surface area contributed by atoms with Crippen molar-refractivity contribution in [2.75, 3.05) is 5.75 Å². The van der Waals surface area contributed by atoms with E-state index in [0.717, 1.165) is 19.3 Å². The zero-order valence-electron chi connectivity index (χ0n) is 16.4. The van der Waals surface area contributed by atoms with Crippen LogP contribution >= 0.6 is 11.8 Å². The molecule has 150 valence electrons. The molecule has 28 heavy (non-hydrogen) atoms. The maximum Gasteiger partial charge on any atom is 0.262 e. The van der Waals surface area contributed by atoms with Crippen molar-refractivity contribution in [2.45, 2.75) is 51.2 Å². The quantitative estimate of drug-likeness (QED) is 0.466. The van der Waals surface area contributed by atoms with Gasteiger partial charge in [0.05, 0.1) is 16.7 Å². The van der Waals surface area contributed by atoms with Gasteiger partial charge in [0, 0.05) is 13.0 Å². The second-order valence-corrected chi connectivity index (χ2v) is 8.38. The number of carbonyl (C=O) groups excluding carboxylic acids is 2. The molecule has 1 aliphatic carbocycles. The van der Waals surface area contributed by atoms with Crippen LogP contribution in [0.15, 0.2) is 34.2 Å². The van der Waals surface area contributed by atoms with Crippen molar-refractivity contribution in [1.82, 2.24) is 20.4 Å². The lowest BCUT2D eigenvalue weighted by atomic mass is 9.78. The average Bonchev–Trinajstić information content (AvgIpc) is 2.67. The summed E-state index contributed by atoms with van der Waals surface area (Å²) in [5, 5.41) is 1.15. The van der Waals surface area contributed by atoms with Crippen LogP contribution in [-0.2, 0) is 9.59 Å². The number of fused-ring (bicyclic) bond motifs is 1. The normalized spacial score (nSPS) is 22.0. The number of nitrogens with one attached hydrogen (secondary N) is 2. The standard InChI is InChI=1S/C20H26N4O3S/c1-12-7-6-10-17(13(12)2)24-19(27)15-8-4-5-9-16(15)21-20(24)28-11-18(26)23-22-14(3)25/h4-5,8-9,12-13,17H,6-7,10-11H2,1-3H3,(H,22,25)(H,23,26)/t12-,13-,17+/m1/s1. The van der Waals surface area contributed by atoms with Crippen LogP contribution in [0.5, 0.6) is 0 Å². The first kappa shape index (κ1) is 20.4. The Morgan fingerprint density at radius 3 is 2.71 bits per heavy atom. The zero-order chi connectivity index (χ0) is 20.3. The van der Waals surface area contributed by atoms with Crippen LogP contribution in [0.3, 0.4) is 0 Å². The molecule has 0 radical (unpaired) electrons. The van der Waals surface area contributed by atoms with Crippen LogP contribution in [0.25, 0.3) is 10.9 Å². The molecule has 7 nitrogen and oxygen atoms in total. The van der Waals surface area contributed by atoms with Crippen LogP contribution in [0, 0.1) is 11.8 Å². The first-order valence-corrected chi connectivity index (χ1v) is 10.6. The van der Waals surface area contributed by atoms with Crippen LogP contribution < -0.4 is 16.4 Å². The Kier molecular flexibility index (Phi) is 6.39. The highest BCUT2D eigenvalue weighted by Crippen LogP contribution is 2.38. The van der Waals surface area contributed by atoms with E-state index < -0.39 is 0 Å². The van der Waals surface area contributed by atoms with Gasteiger partial charge in [0.15, 0.2) is 5.16 Å². The third-order valence-corrected chi connectivity index (χ3v) is 6.43. The lowest BCUT2D eigenvalue weighted by Gasteiger charge is -2.36. The minimum absolute atomic E-state index is 0.0543.